The second-order valence-corrected chi connectivity index (χ2v) is 6.21. The zero-order valence-corrected chi connectivity index (χ0v) is 13.2. The number of benzene rings is 1. The van der Waals surface area contributed by atoms with Crippen LogP contribution in [0.1, 0.15) is 31.2 Å². The molecule has 0 aliphatic heterocycles. The lowest BCUT2D eigenvalue weighted by atomic mass is 9.68. The van der Waals surface area contributed by atoms with Crippen molar-refractivity contribution in [1.82, 2.24) is 5.32 Å². The molecule has 0 unspecified atom stereocenters. The van der Waals surface area contributed by atoms with E-state index in [1.807, 2.05) is 18.2 Å². The number of halogens is 1. The maximum atomic E-state index is 11.6. The van der Waals surface area contributed by atoms with Gasteiger partial charge in [0.05, 0.1) is 0 Å². The molecule has 2 rings (SSSR count). The molecule has 21 heavy (non-hydrogen) atoms. The highest BCUT2D eigenvalue weighted by atomic mass is 35.5. The molecular weight excluding hydrogens is 288 g/mol. The van der Waals surface area contributed by atoms with Crippen molar-refractivity contribution >= 4 is 17.5 Å². The summed E-state index contributed by atoms with van der Waals surface area (Å²) in [4.78, 5) is 11.6. The van der Waals surface area contributed by atoms with E-state index in [4.69, 9.17) is 22.1 Å². The van der Waals surface area contributed by atoms with Crippen LogP contribution >= 0.6 is 11.6 Å². The molecule has 1 amide bonds. The van der Waals surface area contributed by atoms with Crippen LogP contribution in [0, 0.1) is 0 Å². The first-order chi connectivity index (χ1) is 10.1. The van der Waals surface area contributed by atoms with Crippen LogP contribution in [-0.2, 0) is 14.9 Å². The zero-order valence-electron chi connectivity index (χ0n) is 12.4. The number of nitrogens with two attached hydrogens (primary N) is 1. The minimum atomic E-state index is -0.0505. The standard InChI is InChI=1S/C16H23ClN2O2/c1-21-10-15(20)19-14-5-7-16(11-18,8-6-14)12-3-2-4-13(17)9-12/h2-4,9,14H,5-8,10-11,18H2,1H3,(H,19,20). The van der Waals surface area contributed by atoms with E-state index in [2.05, 4.69) is 11.4 Å². The second kappa shape index (κ2) is 7.25. The van der Waals surface area contributed by atoms with Crippen molar-refractivity contribution < 1.29 is 9.53 Å². The number of amides is 1. The minimum absolute atomic E-state index is 0.0205. The van der Waals surface area contributed by atoms with Crippen molar-refractivity contribution in [2.45, 2.75) is 37.1 Å². The molecule has 0 aromatic heterocycles. The third-order valence-electron chi connectivity index (χ3n) is 4.41. The number of hydrogen-bond acceptors (Lipinski definition) is 3. The molecule has 1 aromatic carbocycles. The van der Waals surface area contributed by atoms with E-state index < -0.39 is 0 Å². The first-order valence-electron chi connectivity index (χ1n) is 7.34. The summed E-state index contributed by atoms with van der Waals surface area (Å²) >= 11 is 6.10. The van der Waals surface area contributed by atoms with Crippen LogP contribution in [0.3, 0.4) is 0 Å². The van der Waals surface area contributed by atoms with Crippen molar-refractivity contribution in [2.24, 2.45) is 5.73 Å². The number of ether oxygens (including phenoxy) is 1. The highest BCUT2D eigenvalue weighted by Crippen LogP contribution is 2.39. The van der Waals surface area contributed by atoms with Crippen LogP contribution in [0.2, 0.25) is 5.02 Å². The smallest absolute Gasteiger partial charge is 0.246 e. The highest BCUT2D eigenvalue weighted by molar-refractivity contribution is 6.30. The van der Waals surface area contributed by atoms with Gasteiger partial charge in [0.1, 0.15) is 6.61 Å². The fourth-order valence-electron chi connectivity index (χ4n) is 3.14. The van der Waals surface area contributed by atoms with E-state index >= 15 is 0 Å². The maximum Gasteiger partial charge on any atom is 0.246 e. The molecule has 0 atom stereocenters. The van der Waals surface area contributed by atoms with Gasteiger partial charge in [-0.1, -0.05) is 23.7 Å². The van der Waals surface area contributed by atoms with Crippen LogP contribution in [0.15, 0.2) is 24.3 Å². The summed E-state index contributed by atoms with van der Waals surface area (Å²) in [7, 11) is 1.53. The summed E-state index contributed by atoms with van der Waals surface area (Å²) in [5.74, 6) is -0.0505. The number of rotatable bonds is 5. The Balaban J connectivity index is 2.01. The van der Waals surface area contributed by atoms with Gasteiger partial charge in [0, 0.05) is 30.1 Å². The predicted octanol–water partition coefficient (Wildman–Crippen LogP) is 2.24. The van der Waals surface area contributed by atoms with Gasteiger partial charge in [-0.2, -0.15) is 0 Å². The number of carbonyl (C=O) groups excluding carboxylic acids is 1. The van der Waals surface area contributed by atoms with E-state index in [9.17, 15) is 4.79 Å². The first kappa shape index (κ1) is 16.3. The molecule has 4 nitrogen and oxygen atoms in total. The van der Waals surface area contributed by atoms with Crippen molar-refractivity contribution in [3.8, 4) is 0 Å². The first-order valence-corrected chi connectivity index (χ1v) is 7.72. The van der Waals surface area contributed by atoms with Gasteiger partial charge in [-0.3, -0.25) is 4.79 Å². The monoisotopic (exact) mass is 310 g/mol. The van der Waals surface area contributed by atoms with E-state index in [1.165, 1.54) is 12.7 Å². The van der Waals surface area contributed by atoms with Crippen LogP contribution in [0.25, 0.3) is 0 Å². The predicted molar refractivity (Wildman–Crippen MR) is 84.5 cm³/mol. The molecule has 0 bridgehead atoms. The van der Waals surface area contributed by atoms with Gasteiger partial charge in [0.25, 0.3) is 0 Å². The van der Waals surface area contributed by atoms with Gasteiger partial charge in [0.15, 0.2) is 0 Å². The number of carbonyl (C=O) groups is 1. The number of methoxy groups -OCH3 is 1. The SMILES string of the molecule is COCC(=O)NC1CCC(CN)(c2cccc(Cl)c2)CC1. The molecule has 1 fully saturated rings. The van der Waals surface area contributed by atoms with Gasteiger partial charge in [-0.05, 0) is 43.4 Å². The molecule has 3 N–H and O–H groups in total. The van der Waals surface area contributed by atoms with Gasteiger partial charge >= 0.3 is 0 Å². The summed E-state index contributed by atoms with van der Waals surface area (Å²) in [6.45, 7) is 0.721. The summed E-state index contributed by atoms with van der Waals surface area (Å²) in [6.07, 6.45) is 3.78. The topological polar surface area (TPSA) is 64.3 Å². The van der Waals surface area contributed by atoms with Crippen LogP contribution in [-0.4, -0.2) is 32.2 Å². The summed E-state index contributed by atoms with van der Waals surface area (Å²) in [5.41, 5.74) is 7.25. The van der Waals surface area contributed by atoms with Crippen molar-refractivity contribution in [1.29, 1.82) is 0 Å². The lowest BCUT2D eigenvalue weighted by molar-refractivity contribution is -0.125. The molecule has 1 saturated carbocycles. The molecule has 1 aliphatic carbocycles. The molecular formula is C16H23ClN2O2. The van der Waals surface area contributed by atoms with Crippen LogP contribution < -0.4 is 11.1 Å². The molecule has 0 heterocycles. The molecule has 0 saturated heterocycles. The fourth-order valence-corrected chi connectivity index (χ4v) is 3.33. The Labute approximate surface area is 131 Å². The molecule has 1 aromatic rings. The van der Waals surface area contributed by atoms with Crippen LogP contribution in [0.4, 0.5) is 0 Å². The molecule has 0 spiro atoms. The van der Waals surface area contributed by atoms with Gasteiger partial charge < -0.3 is 15.8 Å². The normalized spacial score (nSPS) is 25.6. The van der Waals surface area contributed by atoms with Gasteiger partial charge in [-0.15, -0.1) is 0 Å². The van der Waals surface area contributed by atoms with E-state index in [1.54, 1.807) is 0 Å². The maximum absolute atomic E-state index is 11.6. The summed E-state index contributed by atoms with van der Waals surface area (Å²) in [5, 5.41) is 3.76. The Morgan fingerprint density at radius 3 is 2.76 bits per heavy atom. The fraction of sp³-hybridized carbons (Fsp3) is 0.562. The van der Waals surface area contributed by atoms with E-state index in [0.717, 1.165) is 30.7 Å². The summed E-state index contributed by atoms with van der Waals surface area (Å²) in [6, 6.07) is 8.18. The number of hydrogen-bond donors (Lipinski definition) is 2. The number of nitrogens with one attached hydrogen (secondary N) is 1. The Morgan fingerprint density at radius 1 is 1.48 bits per heavy atom. The third kappa shape index (κ3) is 3.96. The third-order valence-corrected chi connectivity index (χ3v) is 4.65. The van der Waals surface area contributed by atoms with E-state index in [0.29, 0.717) is 6.54 Å². The molecule has 5 heteroatoms. The zero-order chi connectivity index (χ0) is 15.3. The summed E-state index contributed by atoms with van der Waals surface area (Å²) < 4.78 is 4.84. The molecule has 116 valence electrons. The van der Waals surface area contributed by atoms with Crippen molar-refractivity contribution in [3.05, 3.63) is 34.9 Å². The largest absolute Gasteiger partial charge is 0.375 e. The van der Waals surface area contributed by atoms with E-state index in [-0.39, 0.29) is 24.0 Å². The average molecular weight is 311 g/mol. The van der Waals surface area contributed by atoms with Crippen molar-refractivity contribution in [3.63, 3.8) is 0 Å². The Morgan fingerprint density at radius 2 is 2.19 bits per heavy atom. The molecule has 1 aliphatic rings. The Bertz CT molecular complexity index is 485. The lowest BCUT2D eigenvalue weighted by Gasteiger charge is -2.40. The van der Waals surface area contributed by atoms with Crippen LogP contribution in [0.5, 0.6) is 0 Å². The highest BCUT2D eigenvalue weighted by Gasteiger charge is 2.36. The molecule has 0 radical (unpaired) electrons. The Hall–Kier alpha value is -1.10. The minimum Gasteiger partial charge on any atom is -0.375 e. The van der Waals surface area contributed by atoms with Crippen molar-refractivity contribution in [2.75, 3.05) is 20.3 Å². The second-order valence-electron chi connectivity index (χ2n) is 5.77. The Kier molecular flexibility index (Phi) is 5.62. The average Bonchev–Trinajstić information content (AvgIpc) is 2.48. The quantitative estimate of drug-likeness (QED) is 0.876. The van der Waals surface area contributed by atoms with Gasteiger partial charge in [0.2, 0.25) is 5.91 Å². The lowest BCUT2D eigenvalue weighted by Crippen LogP contribution is -2.46. The van der Waals surface area contributed by atoms with Gasteiger partial charge in [-0.25, -0.2) is 0 Å².